The third kappa shape index (κ3) is 3.69. The average Bonchev–Trinajstić information content (AvgIpc) is 2.42. The SMILES string of the molecule is CC(NC(=O)c1cc(Cl)nnc1Cl)c1ccc(Br)cc1. The van der Waals surface area contributed by atoms with Crippen LogP contribution in [0.2, 0.25) is 10.3 Å². The molecule has 2 aromatic rings. The summed E-state index contributed by atoms with van der Waals surface area (Å²) in [5.74, 6) is -0.345. The van der Waals surface area contributed by atoms with Crippen LogP contribution in [0.25, 0.3) is 0 Å². The second kappa shape index (κ2) is 6.52. The molecule has 4 nitrogen and oxygen atoms in total. The fourth-order valence-electron chi connectivity index (χ4n) is 1.62. The minimum atomic E-state index is -0.345. The van der Waals surface area contributed by atoms with E-state index in [1.165, 1.54) is 6.07 Å². The van der Waals surface area contributed by atoms with Crippen LogP contribution >= 0.6 is 39.1 Å². The monoisotopic (exact) mass is 373 g/mol. The second-order valence-electron chi connectivity index (χ2n) is 4.12. The van der Waals surface area contributed by atoms with Crippen LogP contribution in [0.1, 0.15) is 28.9 Å². The highest BCUT2D eigenvalue weighted by atomic mass is 79.9. The zero-order valence-corrected chi connectivity index (χ0v) is 13.5. The Balaban J connectivity index is 2.15. The van der Waals surface area contributed by atoms with Gasteiger partial charge < -0.3 is 5.32 Å². The number of aromatic nitrogens is 2. The lowest BCUT2D eigenvalue weighted by molar-refractivity contribution is 0.0939. The van der Waals surface area contributed by atoms with Crippen molar-refractivity contribution in [2.45, 2.75) is 13.0 Å². The Kier molecular flexibility index (Phi) is 4.96. The Bertz CT molecular complexity index is 634. The van der Waals surface area contributed by atoms with Crippen molar-refractivity contribution < 1.29 is 4.79 Å². The Morgan fingerprint density at radius 1 is 1.25 bits per heavy atom. The number of hydrogen-bond acceptors (Lipinski definition) is 3. The van der Waals surface area contributed by atoms with E-state index in [0.717, 1.165) is 10.0 Å². The molecule has 0 saturated carbocycles. The molecule has 104 valence electrons. The van der Waals surface area contributed by atoms with Crippen LogP contribution in [0.4, 0.5) is 0 Å². The summed E-state index contributed by atoms with van der Waals surface area (Å²) in [7, 11) is 0. The maximum Gasteiger partial charge on any atom is 0.255 e. The molecule has 1 aromatic carbocycles. The quantitative estimate of drug-likeness (QED) is 0.881. The van der Waals surface area contributed by atoms with Gasteiger partial charge in [-0.3, -0.25) is 4.79 Å². The summed E-state index contributed by atoms with van der Waals surface area (Å²) in [5.41, 5.74) is 1.18. The van der Waals surface area contributed by atoms with Gasteiger partial charge in [0.15, 0.2) is 10.3 Å². The van der Waals surface area contributed by atoms with Crippen molar-refractivity contribution in [1.82, 2.24) is 15.5 Å². The first kappa shape index (κ1) is 15.2. The molecule has 0 saturated heterocycles. The minimum Gasteiger partial charge on any atom is -0.345 e. The molecule has 1 heterocycles. The van der Waals surface area contributed by atoms with Crippen molar-refractivity contribution in [2.24, 2.45) is 0 Å². The van der Waals surface area contributed by atoms with Crippen molar-refractivity contribution in [3.8, 4) is 0 Å². The van der Waals surface area contributed by atoms with E-state index in [1.54, 1.807) is 0 Å². The summed E-state index contributed by atoms with van der Waals surface area (Å²) >= 11 is 14.9. The zero-order chi connectivity index (χ0) is 14.7. The van der Waals surface area contributed by atoms with E-state index in [-0.39, 0.29) is 27.8 Å². The van der Waals surface area contributed by atoms with Crippen LogP contribution in [-0.2, 0) is 0 Å². The van der Waals surface area contributed by atoms with Gasteiger partial charge >= 0.3 is 0 Å². The molecule has 0 radical (unpaired) electrons. The summed E-state index contributed by atoms with van der Waals surface area (Å²) in [6.45, 7) is 1.88. The number of carbonyl (C=O) groups excluding carboxylic acids is 1. The lowest BCUT2D eigenvalue weighted by atomic mass is 10.1. The first-order valence-corrected chi connectivity index (χ1v) is 7.27. The van der Waals surface area contributed by atoms with Gasteiger partial charge in [-0.2, -0.15) is 0 Å². The lowest BCUT2D eigenvalue weighted by Crippen LogP contribution is -2.27. The standard InChI is InChI=1S/C13H10BrCl2N3O/c1-7(8-2-4-9(14)5-3-8)17-13(20)10-6-11(15)18-19-12(10)16/h2-7H,1H3,(H,17,20). The molecule has 1 N–H and O–H groups in total. The predicted octanol–water partition coefficient (Wildman–Crippen LogP) is 4.04. The molecular weight excluding hydrogens is 365 g/mol. The minimum absolute atomic E-state index is 0.0231. The number of hydrogen-bond donors (Lipinski definition) is 1. The van der Waals surface area contributed by atoms with E-state index in [9.17, 15) is 4.79 Å². The van der Waals surface area contributed by atoms with Crippen molar-refractivity contribution >= 4 is 45.0 Å². The number of nitrogens with one attached hydrogen (secondary N) is 1. The highest BCUT2D eigenvalue weighted by Crippen LogP contribution is 2.19. The molecule has 20 heavy (non-hydrogen) atoms. The van der Waals surface area contributed by atoms with E-state index >= 15 is 0 Å². The Labute approximate surface area is 134 Å². The summed E-state index contributed by atoms with van der Waals surface area (Å²) in [4.78, 5) is 12.1. The lowest BCUT2D eigenvalue weighted by Gasteiger charge is -2.14. The highest BCUT2D eigenvalue weighted by Gasteiger charge is 2.16. The highest BCUT2D eigenvalue weighted by molar-refractivity contribution is 9.10. The molecule has 1 aromatic heterocycles. The van der Waals surface area contributed by atoms with Crippen LogP contribution in [0.5, 0.6) is 0 Å². The predicted molar refractivity (Wildman–Crippen MR) is 82.1 cm³/mol. The molecule has 1 amide bonds. The molecular formula is C13H10BrCl2N3O. The van der Waals surface area contributed by atoms with Crippen molar-refractivity contribution in [3.05, 3.63) is 56.2 Å². The molecule has 0 aliphatic heterocycles. The third-order valence-electron chi connectivity index (χ3n) is 2.68. The van der Waals surface area contributed by atoms with E-state index in [0.29, 0.717) is 0 Å². The van der Waals surface area contributed by atoms with Gasteiger partial charge in [0.05, 0.1) is 11.6 Å². The maximum atomic E-state index is 12.1. The van der Waals surface area contributed by atoms with E-state index < -0.39 is 0 Å². The summed E-state index contributed by atoms with van der Waals surface area (Å²) in [5, 5.41) is 10.2. The molecule has 0 fully saturated rings. The number of nitrogens with zero attached hydrogens (tertiary/aromatic N) is 2. The van der Waals surface area contributed by atoms with Crippen molar-refractivity contribution in [2.75, 3.05) is 0 Å². The largest absolute Gasteiger partial charge is 0.345 e. The van der Waals surface area contributed by atoms with Gasteiger partial charge in [-0.15, -0.1) is 10.2 Å². The molecule has 1 atom stereocenters. The van der Waals surface area contributed by atoms with Gasteiger partial charge in [-0.1, -0.05) is 51.3 Å². The van der Waals surface area contributed by atoms with Crippen LogP contribution in [0.3, 0.4) is 0 Å². The number of benzene rings is 1. The number of halogens is 3. The molecule has 0 aliphatic rings. The van der Waals surface area contributed by atoms with Crippen LogP contribution in [0, 0.1) is 0 Å². The van der Waals surface area contributed by atoms with E-state index in [2.05, 4.69) is 31.4 Å². The van der Waals surface area contributed by atoms with Gasteiger partial charge in [0, 0.05) is 4.47 Å². The smallest absolute Gasteiger partial charge is 0.255 e. The van der Waals surface area contributed by atoms with Crippen molar-refractivity contribution in [1.29, 1.82) is 0 Å². The first-order chi connectivity index (χ1) is 9.47. The summed E-state index contributed by atoms with van der Waals surface area (Å²) in [6.07, 6.45) is 0. The fraction of sp³-hybridized carbons (Fsp3) is 0.154. The Morgan fingerprint density at radius 3 is 2.55 bits per heavy atom. The fourth-order valence-corrected chi connectivity index (χ4v) is 2.21. The maximum absolute atomic E-state index is 12.1. The average molecular weight is 375 g/mol. The van der Waals surface area contributed by atoms with Gasteiger partial charge in [0.2, 0.25) is 0 Å². The van der Waals surface area contributed by atoms with Crippen LogP contribution < -0.4 is 5.32 Å². The Hall–Kier alpha value is -1.17. The number of carbonyl (C=O) groups is 1. The van der Waals surface area contributed by atoms with E-state index in [1.807, 2.05) is 31.2 Å². The summed E-state index contributed by atoms with van der Waals surface area (Å²) < 4.78 is 0.980. The third-order valence-corrected chi connectivity index (χ3v) is 3.67. The van der Waals surface area contributed by atoms with Crippen molar-refractivity contribution in [3.63, 3.8) is 0 Å². The molecule has 0 bridgehead atoms. The van der Waals surface area contributed by atoms with Gasteiger partial charge in [-0.05, 0) is 30.7 Å². The van der Waals surface area contributed by atoms with Gasteiger partial charge in [0.1, 0.15) is 0 Å². The topological polar surface area (TPSA) is 54.9 Å². The van der Waals surface area contributed by atoms with Gasteiger partial charge in [-0.25, -0.2) is 0 Å². The Morgan fingerprint density at radius 2 is 1.90 bits per heavy atom. The normalized spacial score (nSPS) is 12.0. The zero-order valence-electron chi connectivity index (χ0n) is 10.4. The van der Waals surface area contributed by atoms with E-state index in [4.69, 9.17) is 23.2 Å². The van der Waals surface area contributed by atoms with Crippen LogP contribution in [-0.4, -0.2) is 16.1 Å². The molecule has 2 rings (SSSR count). The molecule has 1 unspecified atom stereocenters. The first-order valence-electron chi connectivity index (χ1n) is 5.72. The number of amides is 1. The van der Waals surface area contributed by atoms with Gasteiger partial charge in [0.25, 0.3) is 5.91 Å². The van der Waals surface area contributed by atoms with Crippen LogP contribution in [0.15, 0.2) is 34.8 Å². The number of rotatable bonds is 3. The molecule has 7 heteroatoms. The summed E-state index contributed by atoms with van der Waals surface area (Å²) in [6, 6.07) is 8.90. The second-order valence-corrected chi connectivity index (χ2v) is 5.78. The molecule has 0 spiro atoms. The molecule has 0 aliphatic carbocycles.